The highest BCUT2D eigenvalue weighted by atomic mass is 32.2. The number of aryl methyl sites for hydroxylation is 1. The third kappa shape index (κ3) is 4.19. The molecule has 0 aliphatic carbocycles. The van der Waals surface area contributed by atoms with Gasteiger partial charge in [-0.05, 0) is 37.6 Å². The van der Waals surface area contributed by atoms with Gasteiger partial charge in [-0.15, -0.1) is 0 Å². The molecular formula is C24H20F2N6O3S. The number of ketones is 1. The fourth-order valence-electron chi connectivity index (χ4n) is 3.89. The largest absolute Gasteiger partial charge is 0.345 e. The van der Waals surface area contributed by atoms with Crippen molar-refractivity contribution in [3.8, 4) is 11.3 Å². The number of nitrogens with one attached hydrogen (secondary N) is 2. The van der Waals surface area contributed by atoms with Crippen molar-refractivity contribution in [2.45, 2.75) is 20.3 Å². The predicted octanol–water partition coefficient (Wildman–Crippen LogP) is 4.24. The van der Waals surface area contributed by atoms with Crippen LogP contribution >= 0.6 is 0 Å². The van der Waals surface area contributed by atoms with E-state index in [1.807, 2.05) is 19.2 Å². The average molecular weight is 511 g/mol. The van der Waals surface area contributed by atoms with E-state index >= 15 is 4.39 Å². The number of imidazole rings is 1. The van der Waals surface area contributed by atoms with Gasteiger partial charge in [0.2, 0.25) is 21.6 Å². The zero-order chi connectivity index (χ0) is 25.6. The molecule has 2 N–H and O–H groups in total. The second-order valence-electron chi connectivity index (χ2n) is 8.26. The molecule has 12 heteroatoms. The first-order valence-electron chi connectivity index (χ1n) is 11.0. The van der Waals surface area contributed by atoms with Gasteiger partial charge in [0.05, 0.1) is 22.7 Å². The second-order valence-corrected chi connectivity index (χ2v) is 10.1. The van der Waals surface area contributed by atoms with E-state index in [2.05, 4.69) is 24.7 Å². The number of hydrogen-bond donors (Lipinski definition) is 2. The maximum absolute atomic E-state index is 15.2. The number of nitrogens with zero attached hydrogens (tertiary/aromatic N) is 4. The normalized spacial score (nSPS) is 11.9. The number of anilines is 1. The molecule has 0 bridgehead atoms. The molecule has 0 radical (unpaired) electrons. The molecular weight excluding hydrogens is 490 g/mol. The molecule has 4 aromatic heterocycles. The first kappa shape index (κ1) is 23.5. The lowest BCUT2D eigenvalue weighted by Gasteiger charge is -2.11. The van der Waals surface area contributed by atoms with E-state index in [4.69, 9.17) is 0 Å². The molecule has 4 heterocycles. The predicted molar refractivity (Wildman–Crippen MR) is 130 cm³/mol. The van der Waals surface area contributed by atoms with Gasteiger partial charge in [0.25, 0.3) is 0 Å². The molecule has 0 aliphatic heterocycles. The molecule has 1 aromatic carbocycles. The highest BCUT2D eigenvalue weighted by Crippen LogP contribution is 2.29. The summed E-state index contributed by atoms with van der Waals surface area (Å²) < 4.78 is 57.9. The van der Waals surface area contributed by atoms with Gasteiger partial charge >= 0.3 is 0 Å². The Bertz CT molecular complexity index is 1760. The van der Waals surface area contributed by atoms with Gasteiger partial charge in [-0.1, -0.05) is 6.92 Å². The Hall–Kier alpha value is -4.19. The van der Waals surface area contributed by atoms with Crippen LogP contribution in [0, 0.1) is 18.6 Å². The van der Waals surface area contributed by atoms with E-state index in [1.165, 1.54) is 6.20 Å². The molecule has 36 heavy (non-hydrogen) atoms. The smallest absolute Gasteiger partial charge is 0.234 e. The summed E-state index contributed by atoms with van der Waals surface area (Å²) in [5.41, 5.74) is 0.858. The van der Waals surface area contributed by atoms with Crippen LogP contribution in [0.5, 0.6) is 0 Å². The number of hydrogen-bond acceptors (Lipinski definition) is 6. The Balaban J connectivity index is 1.57. The third-order valence-electron chi connectivity index (χ3n) is 5.59. The Kier molecular flexibility index (Phi) is 5.75. The average Bonchev–Trinajstić information content (AvgIpc) is 3.44. The summed E-state index contributed by atoms with van der Waals surface area (Å²) in [4.78, 5) is 29.3. The van der Waals surface area contributed by atoms with Gasteiger partial charge in [0.15, 0.2) is 5.82 Å². The van der Waals surface area contributed by atoms with Gasteiger partial charge in [-0.25, -0.2) is 32.2 Å². The fraction of sp³-hybridized carbons (Fsp3) is 0.167. The number of pyridine rings is 1. The quantitative estimate of drug-likeness (QED) is 0.316. The van der Waals surface area contributed by atoms with Crippen molar-refractivity contribution in [2.24, 2.45) is 0 Å². The molecule has 184 valence electrons. The summed E-state index contributed by atoms with van der Waals surface area (Å²) in [6.07, 6.45) is 6.75. The van der Waals surface area contributed by atoms with Gasteiger partial charge in [-0.3, -0.25) is 13.9 Å². The number of carbonyl (C=O) groups is 1. The van der Waals surface area contributed by atoms with E-state index in [-0.39, 0.29) is 11.3 Å². The number of aromatic nitrogens is 5. The maximum atomic E-state index is 15.2. The van der Waals surface area contributed by atoms with Crippen LogP contribution in [0.2, 0.25) is 0 Å². The minimum atomic E-state index is -3.86. The molecule has 5 rings (SSSR count). The van der Waals surface area contributed by atoms with Gasteiger partial charge < -0.3 is 4.98 Å². The zero-order valence-electron chi connectivity index (χ0n) is 19.2. The molecule has 0 fully saturated rings. The highest BCUT2D eigenvalue weighted by Gasteiger charge is 2.26. The molecule has 0 saturated heterocycles. The van der Waals surface area contributed by atoms with Crippen molar-refractivity contribution in [1.82, 2.24) is 24.3 Å². The van der Waals surface area contributed by atoms with E-state index in [0.29, 0.717) is 34.5 Å². The first-order valence-corrected chi connectivity index (χ1v) is 12.6. The number of halogens is 2. The van der Waals surface area contributed by atoms with Crippen molar-refractivity contribution < 1.29 is 22.0 Å². The van der Waals surface area contributed by atoms with Crippen LogP contribution in [-0.4, -0.2) is 44.3 Å². The number of benzene rings is 1. The number of rotatable bonds is 7. The van der Waals surface area contributed by atoms with E-state index in [9.17, 15) is 17.6 Å². The second kappa shape index (κ2) is 8.79. The molecule has 0 unspecified atom stereocenters. The van der Waals surface area contributed by atoms with Crippen LogP contribution in [0.1, 0.15) is 35.0 Å². The Morgan fingerprint density at radius 2 is 2.00 bits per heavy atom. The summed E-state index contributed by atoms with van der Waals surface area (Å²) in [6, 6.07) is 5.28. The molecule has 9 nitrogen and oxygen atoms in total. The lowest BCUT2D eigenvalue weighted by Crippen LogP contribution is -2.18. The minimum Gasteiger partial charge on any atom is -0.345 e. The van der Waals surface area contributed by atoms with Crippen LogP contribution in [0.25, 0.3) is 28.1 Å². The van der Waals surface area contributed by atoms with Crippen molar-refractivity contribution >= 4 is 38.3 Å². The molecule has 0 saturated carbocycles. The summed E-state index contributed by atoms with van der Waals surface area (Å²) >= 11 is 0. The molecule has 5 aromatic rings. The number of fused-ring (bicyclic) bond motifs is 2. The zero-order valence-corrected chi connectivity index (χ0v) is 20.0. The Labute approximate surface area is 204 Å². The summed E-state index contributed by atoms with van der Waals surface area (Å²) in [7, 11) is -3.86. The third-order valence-corrected chi connectivity index (χ3v) is 7.07. The van der Waals surface area contributed by atoms with Crippen LogP contribution in [0.3, 0.4) is 0 Å². The fourth-order valence-corrected chi connectivity index (χ4v) is 5.02. The molecule has 0 atom stereocenters. The van der Waals surface area contributed by atoms with Crippen LogP contribution < -0.4 is 4.72 Å². The standard InChI is InChI=1S/C24H20F2N6O3S/c1-3-8-36(34,35)31-18-5-4-17(25)20(21(18)26)22(33)16-11-28-23-15(16)9-14(10-27-23)19-12-32-7-6-13(2)29-24(32)30-19/h4-7,9-12,31H,3,8H2,1-2H3,(H,27,28). The number of H-pyrrole nitrogens is 1. The highest BCUT2D eigenvalue weighted by molar-refractivity contribution is 7.92. The topological polar surface area (TPSA) is 122 Å². The maximum Gasteiger partial charge on any atom is 0.234 e. The van der Waals surface area contributed by atoms with Gasteiger partial charge in [0, 0.05) is 47.0 Å². The SMILES string of the molecule is CCCS(=O)(=O)Nc1ccc(F)c(C(=O)c2c[nH]c3ncc(-c4cn5ccc(C)nc5n4)cc23)c1F. The summed E-state index contributed by atoms with van der Waals surface area (Å²) in [6.45, 7) is 3.50. The van der Waals surface area contributed by atoms with Crippen LogP contribution in [0.15, 0.2) is 49.1 Å². The molecule has 0 spiro atoms. The van der Waals surface area contributed by atoms with Crippen molar-refractivity contribution in [1.29, 1.82) is 0 Å². The minimum absolute atomic E-state index is 0.0246. The van der Waals surface area contributed by atoms with Crippen LogP contribution in [0.4, 0.5) is 14.5 Å². The number of carbonyl (C=O) groups excluding carboxylic acids is 1. The summed E-state index contributed by atoms with van der Waals surface area (Å²) in [5, 5.41) is 0.328. The van der Waals surface area contributed by atoms with E-state index < -0.39 is 38.7 Å². The molecule has 0 aliphatic rings. The van der Waals surface area contributed by atoms with E-state index in [0.717, 1.165) is 17.8 Å². The van der Waals surface area contributed by atoms with Crippen molar-refractivity contribution in [3.63, 3.8) is 0 Å². The monoisotopic (exact) mass is 510 g/mol. The lowest BCUT2D eigenvalue weighted by molar-refractivity contribution is 0.103. The van der Waals surface area contributed by atoms with Gasteiger partial charge in [-0.2, -0.15) is 0 Å². The van der Waals surface area contributed by atoms with Crippen molar-refractivity contribution in [2.75, 3.05) is 10.5 Å². The number of sulfonamides is 1. The van der Waals surface area contributed by atoms with E-state index in [1.54, 1.807) is 29.8 Å². The Morgan fingerprint density at radius 1 is 1.19 bits per heavy atom. The van der Waals surface area contributed by atoms with Crippen molar-refractivity contribution in [3.05, 3.63) is 77.5 Å². The summed E-state index contributed by atoms with van der Waals surface area (Å²) in [5.74, 6) is -3.13. The van der Waals surface area contributed by atoms with Crippen LogP contribution in [-0.2, 0) is 10.0 Å². The van der Waals surface area contributed by atoms with Gasteiger partial charge in [0.1, 0.15) is 11.5 Å². The first-order chi connectivity index (χ1) is 17.2. The lowest BCUT2D eigenvalue weighted by atomic mass is 10.0. The number of aromatic amines is 1. The Morgan fingerprint density at radius 3 is 2.78 bits per heavy atom. The molecule has 0 amide bonds.